The number of carbonyl (C=O) groups excluding carboxylic acids is 2. The predicted molar refractivity (Wildman–Crippen MR) is 167 cm³/mol. The number of nitrogens with zero attached hydrogens (tertiary/aromatic N) is 1. The van der Waals surface area contributed by atoms with Gasteiger partial charge in [0.1, 0.15) is 0 Å². The summed E-state index contributed by atoms with van der Waals surface area (Å²) in [6.07, 6.45) is 33.3. The highest BCUT2D eigenvalue weighted by atomic mass is 16.2. The summed E-state index contributed by atoms with van der Waals surface area (Å²) in [6, 6.07) is 9.20. The van der Waals surface area contributed by atoms with E-state index in [4.69, 9.17) is 0 Å². The number of rotatable bonds is 21. The van der Waals surface area contributed by atoms with Crippen LogP contribution in [0.15, 0.2) is 103 Å². The van der Waals surface area contributed by atoms with Crippen molar-refractivity contribution >= 4 is 11.8 Å². The molecule has 39 heavy (non-hydrogen) atoms. The third-order valence-corrected chi connectivity index (χ3v) is 5.77. The van der Waals surface area contributed by atoms with Crippen LogP contribution in [0.3, 0.4) is 0 Å². The number of carbonyl (C=O) groups is 2. The van der Waals surface area contributed by atoms with Crippen molar-refractivity contribution in [3.63, 3.8) is 0 Å². The molecule has 0 saturated carbocycles. The van der Waals surface area contributed by atoms with Crippen LogP contribution >= 0.6 is 0 Å². The van der Waals surface area contributed by atoms with E-state index in [2.05, 4.69) is 95.4 Å². The zero-order chi connectivity index (χ0) is 28.2. The second-order valence-electron chi connectivity index (χ2n) is 9.23. The highest BCUT2D eigenvalue weighted by Gasteiger charge is 2.05. The zero-order valence-corrected chi connectivity index (χ0v) is 24.1. The lowest BCUT2D eigenvalue weighted by Gasteiger charge is -2.17. The second-order valence-corrected chi connectivity index (χ2v) is 9.23. The second kappa shape index (κ2) is 24.9. The quantitative estimate of drug-likeness (QED) is 0.169. The molecule has 5 nitrogen and oxygen atoms in total. The minimum atomic E-state index is -0.0632. The molecule has 1 rings (SSSR count). The fourth-order valence-electron chi connectivity index (χ4n) is 3.49. The molecule has 0 heterocycles. The molecule has 0 radical (unpaired) electrons. The van der Waals surface area contributed by atoms with Gasteiger partial charge in [-0.25, -0.2) is 0 Å². The molecule has 5 heteroatoms. The molecular weight excluding hydrogens is 482 g/mol. The van der Waals surface area contributed by atoms with Gasteiger partial charge in [-0.05, 0) is 64.1 Å². The Hall–Kier alpha value is -3.44. The highest BCUT2D eigenvalue weighted by molar-refractivity contribution is 5.94. The van der Waals surface area contributed by atoms with E-state index < -0.39 is 0 Å². The van der Waals surface area contributed by atoms with Crippen molar-refractivity contribution < 1.29 is 9.59 Å². The van der Waals surface area contributed by atoms with Gasteiger partial charge < -0.3 is 15.5 Å². The summed E-state index contributed by atoms with van der Waals surface area (Å²) in [5.74, 6) is 0.00649. The normalized spacial score (nSPS) is 12.4. The van der Waals surface area contributed by atoms with E-state index in [1.54, 1.807) is 12.1 Å². The molecular formula is C34H49N3O2. The van der Waals surface area contributed by atoms with Gasteiger partial charge in [0.05, 0.1) is 0 Å². The number of amides is 2. The van der Waals surface area contributed by atoms with E-state index in [1.807, 2.05) is 25.2 Å². The Bertz CT molecular complexity index is 942. The first-order chi connectivity index (χ1) is 19.1. The van der Waals surface area contributed by atoms with Crippen LogP contribution in [0, 0.1) is 0 Å². The SMILES string of the molecule is CC/C=C/C/C=C/C/C=C/C/C=C/C/C=C/C/C=C/CCC(=O)NCCN(C)CCNC(=O)c1ccccc1. The van der Waals surface area contributed by atoms with Crippen LogP contribution in [0.1, 0.15) is 68.6 Å². The van der Waals surface area contributed by atoms with Gasteiger partial charge in [-0.3, -0.25) is 9.59 Å². The molecule has 0 spiro atoms. The molecule has 0 aliphatic carbocycles. The molecule has 2 amide bonds. The highest BCUT2D eigenvalue weighted by Crippen LogP contribution is 1.99. The maximum absolute atomic E-state index is 12.0. The molecule has 0 bridgehead atoms. The van der Waals surface area contributed by atoms with Crippen LogP contribution in [0.4, 0.5) is 0 Å². The first kappa shape index (κ1) is 33.6. The topological polar surface area (TPSA) is 61.4 Å². The van der Waals surface area contributed by atoms with Gasteiger partial charge in [0.15, 0.2) is 0 Å². The van der Waals surface area contributed by atoms with Gasteiger partial charge in [-0.1, -0.05) is 98.0 Å². The van der Waals surface area contributed by atoms with Gasteiger partial charge >= 0.3 is 0 Å². The van der Waals surface area contributed by atoms with Gasteiger partial charge in [0.2, 0.25) is 5.91 Å². The number of benzene rings is 1. The van der Waals surface area contributed by atoms with Crippen molar-refractivity contribution in [2.45, 2.75) is 58.3 Å². The number of hydrogen-bond donors (Lipinski definition) is 2. The zero-order valence-electron chi connectivity index (χ0n) is 24.1. The lowest BCUT2D eigenvalue weighted by Crippen LogP contribution is -2.37. The van der Waals surface area contributed by atoms with E-state index >= 15 is 0 Å². The molecule has 0 unspecified atom stereocenters. The number of hydrogen-bond acceptors (Lipinski definition) is 3. The van der Waals surface area contributed by atoms with Crippen molar-refractivity contribution in [2.75, 3.05) is 33.2 Å². The van der Waals surface area contributed by atoms with E-state index in [9.17, 15) is 9.59 Å². The van der Waals surface area contributed by atoms with Crippen LogP contribution in [-0.4, -0.2) is 49.9 Å². The van der Waals surface area contributed by atoms with Gasteiger partial charge in [-0.2, -0.15) is 0 Å². The van der Waals surface area contributed by atoms with Crippen molar-refractivity contribution in [1.29, 1.82) is 0 Å². The van der Waals surface area contributed by atoms with Crippen molar-refractivity contribution in [3.8, 4) is 0 Å². The third-order valence-electron chi connectivity index (χ3n) is 5.77. The Morgan fingerprint density at radius 2 is 1.13 bits per heavy atom. The van der Waals surface area contributed by atoms with E-state index in [0.29, 0.717) is 25.1 Å². The largest absolute Gasteiger partial charge is 0.355 e. The predicted octanol–water partition coefficient (Wildman–Crippen LogP) is 6.94. The standard InChI is InChI=1S/C34H49N3O2/c1-3-4-5-6-7-8-9-10-11-12-13-14-15-16-17-18-19-20-24-27-33(38)35-28-30-37(2)31-29-36-34(39)32-25-22-21-23-26-32/h4-5,7-8,10-11,13-14,16-17,19-23,25-26H,3,6,9,12,15,18,24,27-31H2,1-2H3,(H,35,38)(H,36,39)/b5-4+,8-7+,11-10+,14-13+,17-16+,20-19+. The van der Waals surface area contributed by atoms with Crippen molar-refractivity contribution in [2.24, 2.45) is 0 Å². The summed E-state index contributed by atoms with van der Waals surface area (Å²) in [4.78, 5) is 26.1. The van der Waals surface area contributed by atoms with E-state index in [-0.39, 0.29) is 11.8 Å². The fraction of sp³-hybridized carbons (Fsp3) is 0.412. The first-order valence-corrected chi connectivity index (χ1v) is 14.3. The Labute approximate surface area is 237 Å². The average Bonchev–Trinajstić information content (AvgIpc) is 2.94. The minimum absolute atomic E-state index is 0.0632. The smallest absolute Gasteiger partial charge is 0.251 e. The van der Waals surface area contributed by atoms with Crippen LogP contribution in [-0.2, 0) is 4.79 Å². The summed E-state index contributed by atoms with van der Waals surface area (Å²) >= 11 is 0. The number of allylic oxidation sites excluding steroid dienone is 12. The first-order valence-electron chi connectivity index (χ1n) is 14.3. The number of likely N-dealkylation sites (N-methyl/N-ethyl adjacent to an activating group) is 1. The summed E-state index contributed by atoms with van der Waals surface area (Å²) < 4.78 is 0. The molecule has 0 atom stereocenters. The molecule has 0 fully saturated rings. The molecule has 2 N–H and O–H groups in total. The minimum Gasteiger partial charge on any atom is -0.355 e. The summed E-state index contributed by atoms with van der Waals surface area (Å²) in [5.41, 5.74) is 0.666. The van der Waals surface area contributed by atoms with Crippen LogP contribution in [0.5, 0.6) is 0 Å². The van der Waals surface area contributed by atoms with Crippen molar-refractivity contribution in [1.82, 2.24) is 15.5 Å². The number of nitrogens with one attached hydrogen (secondary N) is 2. The Morgan fingerprint density at radius 1 is 0.667 bits per heavy atom. The summed E-state index contributed by atoms with van der Waals surface area (Å²) in [5, 5.41) is 5.88. The van der Waals surface area contributed by atoms with Gasteiger partial charge in [0, 0.05) is 38.2 Å². The van der Waals surface area contributed by atoms with Crippen LogP contribution in [0.2, 0.25) is 0 Å². The molecule has 1 aromatic carbocycles. The maximum Gasteiger partial charge on any atom is 0.251 e. The van der Waals surface area contributed by atoms with E-state index in [1.165, 1.54) is 0 Å². The molecule has 0 aliphatic heterocycles. The monoisotopic (exact) mass is 531 g/mol. The molecule has 0 aliphatic rings. The molecule has 0 saturated heterocycles. The Morgan fingerprint density at radius 3 is 1.64 bits per heavy atom. The Balaban J connectivity index is 1.97. The van der Waals surface area contributed by atoms with Gasteiger partial charge in [-0.15, -0.1) is 0 Å². The van der Waals surface area contributed by atoms with Crippen molar-refractivity contribution in [3.05, 3.63) is 109 Å². The lowest BCUT2D eigenvalue weighted by molar-refractivity contribution is -0.121. The van der Waals surface area contributed by atoms with Crippen LogP contribution in [0.25, 0.3) is 0 Å². The molecule has 1 aromatic rings. The Kier molecular flexibility index (Phi) is 21.4. The van der Waals surface area contributed by atoms with Gasteiger partial charge in [0.25, 0.3) is 5.91 Å². The summed E-state index contributed by atoms with van der Waals surface area (Å²) in [6.45, 7) is 4.80. The lowest BCUT2D eigenvalue weighted by atomic mass is 10.2. The van der Waals surface area contributed by atoms with Crippen LogP contribution < -0.4 is 10.6 Å². The van der Waals surface area contributed by atoms with E-state index in [0.717, 1.165) is 58.0 Å². The maximum atomic E-state index is 12.0. The average molecular weight is 532 g/mol. The molecule has 212 valence electrons. The molecule has 0 aromatic heterocycles. The summed E-state index contributed by atoms with van der Waals surface area (Å²) in [7, 11) is 1.98. The third kappa shape index (κ3) is 21.2. The fourth-order valence-corrected chi connectivity index (χ4v) is 3.49.